The Balaban J connectivity index is 3.44. The molecule has 4 heteroatoms. The van der Waals surface area contributed by atoms with Crippen LogP contribution in [0.3, 0.4) is 0 Å². The van der Waals surface area contributed by atoms with E-state index in [9.17, 15) is 15.3 Å². The summed E-state index contributed by atoms with van der Waals surface area (Å²) < 4.78 is 0. The van der Waals surface area contributed by atoms with E-state index in [0.717, 1.165) is 16.7 Å². The van der Waals surface area contributed by atoms with E-state index in [1.807, 2.05) is 13.8 Å². The van der Waals surface area contributed by atoms with Crippen molar-refractivity contribution in [3.8, 4) is 5.75 Å². The minimum absolute atomic E-state index is 0.0423. The molecule has 0 amide bonds. The SMILES string of the molecule is CC(CO)N(Cc1cc(C(C)(C)C)c(O)c(C(C)(C)C)c1)C(C)CO. The maximum atomic E-state index is 10.8. The first-order valence-electron chi connectivity index (χ1n) is 9.17. The van der Waals surface area contributed by atoms with Gasteiger partial charge in [-0.05, 0) is 41.4 Å². The van der Waals surface area contributed by atoms with Gasteiger partial charge < -0.3 is 15.3 Å². The number of hydrogen-bond donors (Lipinski definition) is 3. The van der Waals surface area contributed by atoms with Gasteiger partial charge in [0.1, 0.15) is 5.75 Å². The van der Waals surface area contributed by atoms with Gasteiger partial charge in [0.05, 0.1) is 13.2 Å². The highest BCUT2D eigenvalue weighted by Crippen LogP contribution is 2.40. The van der Waals surface area contributed by atoms with Crippen molar-refractivity contribution in [2.24, 2.45) is 0 Å². The van der Waals surface area contributed by atoms with Crippen molar-refractivity contribution in [2.45, 2.75) is 84.8 Å². The van der Waals surface area contributed by atoms with Crippen LogP contribution in [0.1, 0.15) is 72.1 Å². The van der Waals surface area contributed by atoms with Crippen LogP contribution >= 0.6 is 0 Å². The van der Waals surface area contributed by atoms with Crippen molar-refractivity contribution in [3.63, 3.8) is 0 Å². The highest BCUT2D eigenvalue weighted by atomic mass is 16.3. The number of aliphatic hydroxyl groups is 2. The van der Waals surface area contributed by atoms with E-state index in [4.69, 9.17) is 0 Å². The third-order valence-corrected chi connectivity index (χ3v) is 4.81. The molecule has 25 heavy (non-hydrogen) atoms. The molecule has 2 unspecified atom stereocenters. The Labute approximate surface area is 153 Å². The predicted molar refractivity (Wildman–Crippen MR) is 104 cm³/mol. The third kappa shape index (κ3) is 5.44. The summed E-state index contributed by atoms with van der Waals surface area (Å²) in [6.45, 7) is 17.2. The average molecular weight is 352 g/mol. The second-order valence-electron chi connectivity index (χ2n) is 9.28. The fourth-order valence-corrected chi connectivity index (χ4v) is 3.10. The Bertz CT molecular complexity index is 524. The Morgan fingerprint density at radius 2 is 1.20 bits per heavy atom. The number of benzene rings is 1. The fraction of sp³-hybridized carbons (Fsp3) is 0.714. The molecular formula is C21H37NO3. The van der Waals surface area contributed by atoms with Crippen molar-refractivity contribution >= 4 is 0 Å². The molecule has 4 nitrogen and oxygen atoms in total. The summed E-state index contributed by atoms with van der Waals surface area (Å²) in [6.07, 6.45) is 0. The first-order chi connectivity index (χ1) is 11.3. The Hall–Kier alpha value is -1.10. The highest BCUT2D eigenvalue weighted by molar-refractivity contribution is 5.49. The predicted octanol–water partition coefficient (Wildman–Crippen LogP) is 3.55. The van der Waals surface area contributed by atoms with E-state index >= 15 is 0 Å². The smallest absolute Gasteiger partial charge is 0.123 e. The topological polar surface area (TPSA) is 63.9 Å². The first kappa shape index (κ1) is 21.9. The van der Waals surface area contributed by atoms with E-state index in [-0.39, 0.29) is 36.1 Å². The molecule has 1 rings (SSSR count). The molecular weight excluding hydrogens is 314 g/mol. The Morgan fingerprint density at radius 1 is 0.840 bits per heavy atom. The highest BCUT2D eigenvalue weighted by Gasteiger charge is 2.28. The fourth-order valence-electron chi connectivity index (χ4n) is 3.10. The van der Waals surface area contributed by atoms with Gasteiger partial charge in [-0.25, -0.2) is 0 Å². The normalized spacial score (nSPS) is 15.5. The lowest BCUT2D eigenvalue weighted by Crippen LogP contribution is -2.43. The van der Waals surface area contributed by atoms with Crippen molar-refractivity contribution in [3.05, 3.63) is 28.8 Å². The van der Waals surface area contributed by atoms with E-state index in [0.29, 0.717) is 12.3 Å². The lowest BCUT2D eigenvalue weighted by Gasteiger charge is -2.34. The van der Waals surface area contributed by atoms with Crippen LogP contribution in [-0.4, -0.2) is 45.5 Å². The molecule has 0 fully saturated rings. The van der Waals surface area contributed by atoms with Gasteiger partial charge in [0.25, 0.3) is 0 Å². The molecule has 144 valence electrons. The molecule has 0 aliphatic rings. The molecule has 0 aliphatic heterocycles. The summed E-state index contributed by atoms with van der Waals surface area (Å²) in [4.78, 5) is 2.10. The molecule has 0 aliphatic carbocycles. The molecule has 2 atom stereocenters. The average Bonchev–Trinajstić information content (AvgIpc) is 2.49. The number of hydrogen-bond acceptors (Lipinski definition) is 4. The quantitative estimate of drug-likeness (QED) is 0.733. The van der Waals surface area contributed by atoms with Crippen molar-refractivity contribution < 1.29 is 15.3 Å². The van der Waals surface area contributed by atoms with Gasteiger partial charge in [-0.3, -0.25) is 4.90 Å². The molecule has 0 radical (unpaired) electrons. The minimum atomic E-state index is -0.171. The van der Waals surface area contributed by atoms with Crippen molar-refractivity contribution in [1.29, 1.82) is 0 Å². The van der Waals surface area contributed by atoms with Gasteiger partial charge in [0, 0.05) is 18.6 Å². The van der Waals surface area contributed by atoms with Crippen LogP contribution < -0.4 is 0 Å². The summed E-state index contributed by atoms with van der Waals surface area (Å²) in [5.41, 5.74) is 2.62. The van der Waals surface area contributed by atoms with E-state index < -0.39 is 0 Å². The minimum Gasteiger partial charge on any atom is -0.507 e. The van der Waals surface area contributed by atoms with Crippen LogP contribution in [0.5, 0.6) is 5.75 Å². The van der Waals surface area contributed by atoms with E-state index in [2.05, 4.69) is 58.6 Å². The first-order valence-corrected chi connectivity index (χ1v) is 9.17. The van der Waals surface area contributed by atoms with Crippen LogP contribution in [-0.2, 0) is 17.4 Å². The number of aromatic hydroxyl groups is 1. The molecule has 3 N–H and O–H groups in total. The summed E-state index contributed by atoms with van der Waals surface area (Å²) in [6, 6.07) is 4.02. The van der Waals surface area contributed by atoms with Crippen LogP contribution in [0.15, 0.2) is 12.1 Å². The van der Waals surface area contributed by atoms with Crippen LogP contribution in [0.2, 0.25) is 0 Å². The number of aliphatic hydroxyl groups excluding tert-OH is 2. The van der Waals surface area contributed by atoms with E-state index in [1.165, 1.54) is 0 Å². The standard InChI is InChI=1S/C21H37NO3/c1-14(12-23)22(15(2)13-24)11-16-9-17(20(3,4)5)19(25)18(10-16)21(6,7)8/h9-10,14-15,23-25H,11-13H2,1-8H3. The summed E-state index contributed by atoms with van der Waals surface area (Å²) >= 11 is 0. The molecule has 0 saturated carbocycles. The van der Waals surface area contributed by atoms with Gasteiger partial charge in [-0.1, -0.05) is 53.7 Å². The number of phenolic OH excluding ortho intramolecular Hbond substituents is 1. The molecule has 0 spiro atoms. The Morgan fingerprint density at radius 3 is 1.48 bits per heavy atom. The number of phenols is 1. The maximum absolute atomic E-state index is 10.8. The molecule has 0 aromatic heterocycles. The maximum Gasteiger partial charge on any atom is 0.123 e. The second-order valence-corrected chi connectivity index (χ2v) is 9.28. The van der Waals surface area contributed by atoms with Gasteiger partial charge in [0.15, 0.2) is 0 Å². The third-order valence-electron chi connectivity index (χ3n) is 4.81. The molecule has 0 heterocycles. The lowest BCUT2D eigenvalue weighted by molar-refractivity contribution is 0.0616. The zero-order chi connectivity index (χ0) is 19.6. The zero-order valence-corrected chi connectivity index (χ0v) is 17.2. The number of nitrogens with zero attached hydrogens (tertiary/aromatic N) is 1. The summed E-state index contributed by atoms with van der Waals surface area (Å²) in [7, 11) is 0. The molecule has 1 aromatic carbocycles. The van der Waals surface area contributed by atoms with Crippen molar-refractivity contribution in [1.82, 2.24) is 4.90 Å². The van der Waals surface area contributed by atoms with Crippen LogP contribution in [0.25, 0.3) is 0 Å². The van der Waals surface area contributed by atoms with Crippen LogP contribution in [0.4, 0.5) is 0 Å². The molecule has 0 bridgehead atoms. The van der Waals surface area contributed by atoms with E-state index in [1.54, 1.807) is 0 Å². The summed E-state index contributed by atoms with van der Waals surface area (Å²) in [5, 5.41) is 30.0. The zero-order valence-electron chi connectivity index (χ0n) is 17.2. The molecule has 1 aromatic rings. The lowest BCUT2D eigenvalue weighted by atomic mass is 9.78. The summed E-state index contributed by atoms with van der Waals surface area (Å²) in [5.74, 6) is 0.376. The Kier molecular flexibility index (Phi) is 7.08. The van der Waals surface area contributed by atoms with Crippen LogP contribution in [0, 0.1) is 0 Å². The molecule has 0 saturated heterocycles. The monoisotopic (exact) mass is 351 g/mol. The van der Waals surface area contributed by atoms with Crippen molar-refractivity contribution in [2.75, 3.05) is 13.2 Å². The number of rotatable bonds is 6. The van der Waals surface area contributed by atoms with Gasteiger partial charge in [-0.2, -0.15) is 0 Å². The van der Waals surface area contributed by atoms with Gasteiger partial charge in [0.2, 0.25) is 0 Å². The van der Waals surface area contributed by atoms with Gasteiger partial charge >= 0.3 is 0 Å². The van der Waals surface area contributed by atoms with Gasteiger partial charge in [-0.15, -0.1) is 0 Å². The second kappa shape index (κ2) is 8.07. The largest absolute Gasteiger partial charge is 0.507 e.